The Balaban J connectivity index is 1.56. The molecule has 0 aliphatic heterocycles. The fourth-order valence-corrected chi connectivity index (χ4v) is 2.34. The maximum Gasteiger partial charge on any atom is 0.273 e. The molecule has 1 aromatic carbocycles. The number of carbonyl (C=O) groups is 2. The summed E-state index contributed by atoms with van der Waals surface area (Å²) >= 11 is 0. The highest BCUT2D eigenvalue weighted by Crippen LogP contribution is 2.19. The van der Waals surface area contributed by atoms with E-state index < -0.39 is 16.7 Å². The van der Waals surface area contributed by atoms with E-state index in [0.717, 1.165) is 0 Å². The summed E-state index contributed by atoms with van der Waals surface area (Å²) in [6, 6.07) is 7.40. The number of nitro groups is 1. The molecule has 0 spiro atoms. The van der Waals surface area contributed by atoms with Crippen LogP contribution >= 0.6 is 0 Å². The van der Waals surface area contributed by atoms with Crippen molar-refractivity contribution in [2.75, 3.05) is 11.9 Å². The van der Waals surface area contributed by atoms with E-state index >= 15 is 0 Å². The first-order valence-corrected chi connectivity index (χ1v) is 8.08. The standard InChI is InChI=1S/C17H15N7O4/c1-11-2-3-12(6-14(11)24(27)28)17(26)20-8-16(25)22-13-4-5-15(19-7-13)23-10-18-9-21-23/h2-7,9-10H,8H2,1H3,(H,20,26)(H,22,25). The second kappa shape index (κ2) is 8.03. The van der Waals surface area contributed by atoms with Crippen LogP contribution in [0.2, 0.25) is 0 Å². The number of anilines is 1. The van der Waals surface area contributed by atoms with Gasteiger partial charge in [-0.25, -0.2) is 14.6 Å². The van der Waals surface area contributed by atoms with E-state index in [0.29, 0.717) is 17.1 Å². The molecule has 3 rings (SSSR count). The molecule has 28 heavy (non-hydrogen) atoms. The van der Waals surface area contributed by atoms with Crippen molar-refractivity contribution >= 4 is 23.2 Å². The first-order valence-electron chi connectivity index (χ1n) is 8.08. The van der Waals surface area contributed by atoms with E-state index in [-0.39, 0.29) is 17.8 Å². The van der Waals surface area contributed by atoms with E-state index in [1.165, 1.54) is 41.7 Å². The molecule has 0 atom stereocenters. The van der Waals surface area contributed by atoms with Gasteiger partial charge in [-0.15, -0.1) is 0 Å². The molecule has 2 N–H and O–H groups in total. The van der Waals surface area contributed by atoms with E-state index in [2.05, 4.69) is 25.7 Å². The van der Waals surface area contributed by atoms with Crippen LogP contribution in [0.25, 0.3) is 5.82 Å². The molecule has 2 amide bonds. The zero-order chi connectivity index (χ0) is 20.1. The van der Waals surface area contributed by atoms with Gasteiger partial charge in [-0.2, -0.15) is 5.10 Å². The number of hydrogen-bond donors (Lipinski definition) is 2. The van der Waals surface area contributed by atoms with Crippen molar-refractivity contribution in [2.45, 2.75) is 6.92 Å². The van der Waals surface area contributed by atoms with Crippen LogP contribution in [0.4, 0.5) is 11.4 Å². The molecule has 0 aliphatic carbocycles. The van der Waals surface area contributed by atoms with Gasteiger partial charge in [0.15, 0.2) is 5.82 Å². The predicted molar refractivity (Wildman–Crippen MR) is 98.0 cm³/mol. The van der Waals surface area contributed by atoms with Gasteiger partial charge in [-0.1, -0.05) is 6.07 Å². The van der Waals surface area contributed by atoms with E-state index in [1.807, 2.05) is 0 Å². The lowest BCUT2D eigenvalue weighted by Gasteiger charge is -2.08. The Kier molecular flexibility index (Phi) is 5.35. The number of pyridine rings is 1. The molecular weight excluding hydrogens is 366 g/mol. The normalized spacial score (nSPS) is 10.3. The fourth-order valence-electron chi connectivity index (χ4n) is 2.34. The maximum atomic E-state index is 12.1. The molecule has 0 bridgehead atoms. The number of benzene rings is 1. The summed E-state index contributed by atoms with van der Waals surface area (Å²) in [5, 5.41) is 19.9. The average Bonchev–Trinajstić information content (AvgIpc) is 3.21. The quantitative estimate of drug-likeness (QED) is 0.483. The minimum absolute atomic E-state index is 0.101. The number of aromatic nitrogens is 4. The van der Waals surface area contributed by atoms with Crippen LogP contribution in [0.1, 0.15) is 15.9 Å². The largest absolute Gasteiger partial charge is 0.343 e. The Morgan fingerprint density at radius 3 is 2.71 bits per heavy atom. The Bertz CT molecular complexity index is 1020. The van der Waals surface area contributed by atoms with Gasteiger partial charge in [-0.3, -0.25) is 19.7 Å². The van der Waals surface area contributed by atoms with Crippen molar-refractivity contribution in [1.82, 2.24) is 25.1 Å². The van der Waals surface area contributed by atoms with Gasteiger partial charge in [-0.05, 0) is 25.1 Å². The number of hydrogen-bond acceptors (Lipinski definition) is 7. The lowest BCUT2D eigenvalue weighted by Crippen LogP contribution is -2.32. The van der Waals surface area contributed by atoms with Crippen LogP contribution < -0.4 is 10.6 Å². The number of nitrogens with one attached hydrogen (secondary N) is 2. The van der Waals surface area contributed by atoms with E-state index in [1.54, 1.807) is 19.1 Å². The SMILES string of the molecule is Cc1ccc(C(=O)NCC(=O)Nc2ccc(-n3cncn3)nc2)cc1[N+](=O)[O-]. The number of nitrogens with zero attached hydrogens (tertiary/aromatic N) is 5. The van der Waals surface area contributed by atoms with Gasteiger partial charge < -0.3 is 10.6 Å². The van der Waals surface area contributed by atoms with Crippen LogP contribution in [-0.4, -0.2) is 43.0 Å². The van der Waals surface area contributed by atoms with Gasteiger partial charge in [0.1, 0.15) is 12.7 Å². The molecule has 2 heterocycles. The average molecular weight is 381 g/mol. The fraction of sp³-hybridized carbons (Fsp3) is 0.118. The smallest absolute Gasteiger partial charge is 0.273 e. The first-order chi connectivity index (χ1) is 13.4. The molecule has 0 unspecified atom stereocenters. The summed E-state index contributed by atoms with van der Waals surface area (Å²) in [6.45, 7) is 1.28. The minimum Gasteiger partial charge on any atom is -0.343 e. The van der Waals surface area contributed by atoms with Crippen LogP contribution in [-0.2, 0) is 4.79 Å². The highest BCUT2D eigenvalue weighted by atomic mass is 16.6. The molecule has 11 nitrogen and oxygen atoms in total. The zero-order valence-corrected chi connectivity index (χ0v) is 14.7. The second-order valence-corrected chi connectivity index (χ2v) is 5.73. The number of nitro benzene ring substituents is 1. The second-order valence-electron chi connectivity index (χ2n) is 5.73. The summed E-state index contributed by atoms with van der Waals surface area (Å²) < 4.78 is 1.46. The summed E-state index contributed by atoms with van der Waals surface area (Å²) in [6.07, 6.45) is 4.31. The Morgan fingerprint density at radius 1 is 1.25 bits per heavy atom. The van der Waals surface area contributed by atoms with Crippen molar-refractivity contribution in [2.24, 2.45) is 0 Å². The third-order valence-electron chi connectivity index (χ3n) is 3.76. The molecule has 0 aliphatic rings. The van der Waals surface area contributed by atoms with Gasteiger partial charge in [0, 0.05) is 17.2 Å². The van der Waals surface area contributed by atoms with E-state index in [4.69, 9.17) is 0 Å². The number of aryl methyl sites for hydroxylation is 1. The minimum atomic E-state index is -0.585. The van der Waals surface area contributed by atoms with Crippen molar-refractivity contribution in [3.05, 3.63) is 70.4 Å². The molecule has 0 saturated carbocycles. The van der Waals surface area contributed by atoms with Gasteiger partial charge in [0.25, 0.3) is 11.6 Å². The highest BCUT2D eigenvalue weighted by Gasteiger charge is 2.15. The Morgan fingerprint density at radius 2 is 2.07 bits per heavy atom. The van der Waals surface area contributed by atoms with Crippen LogP contribution in [0, 0.1) is 17.0 Å². The summed E-state index contributed by atoms with van der Waals surface area (Å²) in [7, 11) is 0. The molecule has 11 heteroatoms. The van der Waals surface area contributed by atoms with Crippen LogP contribution in [0.15, 0.2) is 49.2 Å². The van der Waals surface area contributed by atoms with Crippen molar-refractivity contribution < 1.29 is 14.5 Å². The van der Waals surface area contributed by atoms with Crippen molar-refractivity contribution in [3.63, 3.8) is 0 Å². The number of amides is 2. The molecule has 0 radical (unpaired) electrons. The van der Waals surface area contributed by atoms with Crippen LogP contribution in [0.5, 0.6) is 0 Å². The third kappa shape index (κ3) is 4.33. The van der Waals surface area contributed by atoms with Crippen molar-refractivity contribution in [3.8, 4) is 5.82 Å². The Labute approximate surface area is 158 Å². The lowest BCUT2D eigenvalue weighted by atomic mass is 10.1. The maximum absolute atomic E-state index is 12.1. The number of carbonyl (C=O) groups excluding carboxylic acids is 2. The van der Waals surface area contributed by atoms with Crippen LogP contribution in [0.3, 0.4) is 0 Å². The predicted octanol–water partition coefficient (Wildman–Crippen LogP) is 1.25. The van der Waals surface area contributed by atoms with E-state index in [9.17, 15) is 19.7 Å². The van der Waals surface area contributed by atoms with Crippen molar-refractivity contribution in [1.29, 1.82) is 0 Å². The summed E-state index contributed by atoms with van der Waals surface area (Å²) in [5.74, 6) is -0.520. The molecular formula is C17H15N7O4. The summed E-state index contributed by atoms with van der Waals surface area (Å²) in [4.78, 5) is 42.5. The third-order valence-corrected chi connectivity index (χ3v) is 3.76. The lowest BCUT2D eigenvalue weighted by molar-refractivity contribution is -0.385. The molecule has 2 aromatic heterocycles. The highest BCUT2D eigenvalue weighted by molar-refractivity contribution is 5.99. The molecule has 3 aromatic rings. The zero-order valence-electron chi connectivity index (χ0n) is 14.7. The Hall–Kier alpha value is -4.15. The molecule has 0 saturated heterocycles. The molecule has 142 valence electrons. The first kappa shape index (κ1) is 18.6. The van der Waals surface area contributed by atoms with Gasteiger partial charge >= 0.3 is 0 Å². The number of rotatable bonds is 6. The topological polar surface area (TPSA) is 145 Å². The monoisotopic (exact) mass is 381 g/mol. The van der Waals surface area contributed by atoms with Gasteiger partial charge in [0.05, 0.1) is 23.4 Å². The van der Waals surface area contributed by atoms with Gasteiger partial charge in [0.2, 0.25) is 5.91 Å². The molecule has 0 fully saturated rings. The summed E-state index contributed by atoms with van der Waals surface area (Å²) in [5.41, 5.74) is 0.829.